The van der Waals surface area contributed by atoms with Gasteiger partial charge in [-0.2, -0.15) is 0 Å². The summed E-state index contributed by atoms with van der Waals surface area (Å²) in [5, 5.41) is 0. The number of esters is 3. The monoisotopic (exact) mass is 1110 g/mol. The van der Waals surface area contributed by atoms with Gasteiger partial charge in [-0.3, -0.25) is 14.4 Å². The van der Waals surface area contributed by atoms with Crippen LogP contribution in [0.2, 0.25) is 0 Å². The SMILES string of the molecule is CC/C=C\C/C=C\C/C=C\C/C=C\C/C=C\C/C=C\CCCCCCCCCCCCCCCCCCC(=O)OCC(COC(=O)CCCCCCCCCCC)OC(=O)CCCCCCCCC/C=C\CCCCCCCCC. The summed E-state index contributed by atoms with van der Waals surface area (Å²) in [6.45, 7) is 6.54. The molecule has 0 saturated carbocycles. The number of carbonyl (C=O) groups excluding carboxylic acids is 3. The maximum Gasteiger partial charge on any atom is 0.306 e. The third-order valence-electron chi connectivity index (χ3n) is 15.1. The molecule has 0 aliphatic rings. The van der Waals surface area contributed by atoms with Gasteiger partial charge in [-0.05, 0) is 96.3 Å². The van der Waals surface area contributed by atoms with Crippen LogP contribution < -0.4 is 0 Å². The molecule has 0 fully saturated rings. The number of allylic oxidation sites excluding steroid dienone is 14. The highest BCUT2D eigenvalue weighted by atomic mass is 16.6. The zero-order valence-corrected chi connectivity index (χ0v) is 53.1. The molecule has 0 radical (unpaired) electrons. The highest BCUT2D eigenvalue weighted by Crippen LogP contribution is 2.17. The van der Waals surface area contributed by atoms with Crippen molar-refractivity contribution in [1.29, 1.82) is 0 Å². The summed E-state index contributed by atoms with van der Waals surface area (Å²) in [5.74, 6) is -0.862. The smallest absolute Gasteiger partial charge is 0.306 e. The molecule has 0 heterocycles. The Labute approximate surface area is 496 Å². The van der Waals surface area contributed by atoms with Crippen LogP contribution in [0.3, 0.4) is 0 Å². The van der Waals surface area contributed by atoms with Gasteiger partial charge in [0, 0.05) is 19.3 Å². The second-order valence-corrected chi connectivity index (χ2v) is 23.1. The molecule has 0 spiro atoms. The molecule has 6 nitrogen and oxygen atoms in total. The molecule has 6 heteroatoms. The number of ether oxygens (including phenoxy) is 3. The van der Waals surface area contributed by atoms with Gasteiger partial charge in [0.2, 0.25) is 0 Å². The van der Waals surface area contributed by atoms with E-state index in [1.807, 2.05) is 0 Å². The van der Waals surface area contributed by atoms with Crippen molar-refractivity contribution in [3.05, 3.63) is 85.1 Å². The molecule has 80 heavy (non-hydrogen) atoms. The van der Waals surface area contributed by atoms with Crippen LogP contribution in [0.4, 0.5) is 0 Å². The largest absolute Gasteiger partial charge is 0.462 e. The quantitative estimate of drug-likeness (QED) is 0.0261. The average Bonchev–Trinajstić information content (AvgIpc) is 3.46. The molecule has 462 valence electrons. The van der Waals surface area contributed by atoms with Gasteiger partial charge in [-0.1, -0.05) is 318 Å². The van der Waals surface area contributed by atoms with E-state index in [1.54, 1.807) is 0 Å². The molecule has 0 aromatic heterocycles. The molecular weight excluding hydrogens is 985 g/mol. The van der Waals surface area contributed by atoms with Gasteiger partial charge in [0.15, 0.2) is 6.10 Å². The van der Waals surface area contributed by atoms with Gasteiger partial charge < -0.3 is 14.2 Å². The first kappa shape index (κ1) is 76.6. The lowest BCUT2D eigenvalue weighted by atomic mass is 10.0. The number of rotatable bonds is 63. The van der Waals surface area contributed by atoms with Crippen LogP contribution in [-0.2, 0) is 28.6 Å². The van der Waals surface area contributed by atoms with Crippen LogP contribution in [0.1, 0.15) is 348 Å². The third-order valence-corrected chi connectivity index (χ3v) is 15.1. The van der Waals surface area contributed by atoms with Gasteiger partial charge in [0.25, 0.3) is 0 Å². The zero-order chi connectivity index (χ0) is 57.8. The predicted molar refractivity (Wildman–Crippen MR) is 348 cm³/mol. The Morgan fingerprint density at radius 2 is 0.487 bits per heavy atom. The van der Waals surface area contributed by atoms with Gasteiger partial charge in [-0.15, -0.1) is 0 Å². The zero-order valence-electron chi connectivity index (χ0n) is 53.1. The van der Waals surface area contributed by atoms with E-state index in [2.05, 4.69) is 106 Å². The third kappa shape index (κ3) is 65.4. The van der Waals surface area contributed by atoms with Crippen molar-refractivity contribution in [2.45, 2.75) is 354 Å². The van der Waals surface area contributed by atoms with Crippen molar-refractivity contribution >= 4 is 17.9 Å². The summed E-state index contributed by atoms with van der Waals surface area (Å²) in [6.07, 6.45) is 90.5. The van der Waals surface area contributed by atoms with E-state index in [0.717, 1.165) is 96.3 Å². The molecule has 1 atom stereocenters. The van der Waals surface area contributed by atoms with Crippen LogP contribution in [0.5, 0.6) is 0 Å². The standard InChI is InChI=1S/C74H130O6/c1-4-7-10-13-16-19-21-23-25-27-29-30-31-32-33-34-35-36-37-38-39-40-41-42-43-44-45-47-48-50-52-55-58-61-64-67-73(76)79-70-71(69-78-72(75)66-63-60-57-54-18-15-12-9-6-3)80-74(77)68-65-62-59-56-53-51-49-46-28-26-24-22-20-17-14-11-8-5-2/h7,10,16,19,23,25-26,28-30,32-33,35-36,71H,4-6,8-9,11-15,17-18,20-22,24,27,31,34,37-70H2,1-3H3/b10-7-,19-16-,25-23-,28-26-,30-29-,33-32-,36-35-. The lowest BCUT2D eigenvalue weighted by Crippen LogP contribution is -2.30. The first-order valence-electron chi connectivity index (χ1n) is 34.6. The fraction of sp³-hybridized carbons (Fsp3) is 0.770. The van der Waals surface area contributed by atoms with Gasteiger partial charge in [-0.25, -0.2) is 0 Å². The highest BCUT2D eigenvalue weighted by molar-refractivity contribution is 5.71. The van der Waals surface area contributed by atoms with Crippen LogP contribution in [0.15, 0.2) is 85.1 Å². The van der Waals surface area contributed by atoms with E-state index in [9.17, 15) is 14.4 Å². The highest BCUT2D eigenvalue weighted by Gasteiger charge is 2.19. The molecular formula is C74H130O6. The summed E-state index contributed by atoms with van der Waals surface area (Å²) in [7, 11) is 0. The Hall–Kier alpha value is -3.41. The van der Waals surface area contributed by atoms with E-state index in [1.165, 1.54) is 212 Å². The summed E-state index contributed by atoms with van der Waals surface area (Å²) < 4.78 is 16.9. The molecule has 0 aliphatic carbocycles. The van der Waals surface area contributed by atoms with Crippen molar-refractivity contribution in [2.75, 3.05) is 13.2 Å². The molecule has 0 amide bonds. The average molecular weight is 1120 g/mol. The van der Waals surface area contributed by atoms with E-state index < -0.39 is 6.10 Å². The molecule has 1 unspecified atom stereocenters. The summed E-state index contributed by atoms with van der Waals surface area (Å²) >= 11 is 0. The second-order valence-electron chi connectivity index (χ2n) is 23.1. The fourth-order valence-corrected chi connectivity index (χ4v) is 9.97. The van der Waals surface area contributed by atoms with E-state index in [4.69, 9.17) is 14.2 Å². The van der Waals surface area contributed by atoms with Crippen molar-refractivity contribution in [2.24, 2.45) is 0 Å². The minimum absolute atomic E-state index is 0.0725. The van der Waals surface area contributed by atoms with Crippen molar-refractivity contribution in [1.82, 2.24) is 0 Å². The Balaban J connectivity index is 4.07. The maximum absolute atomic E-state index is 12.9. The van der Waals surface area contributed by atoms with Gasteiger partial charge >= 0.3 is 17.9 Å². The van der Waals surface area contributed by atoms with Gasteiger partial charge in [0.1, 0.15) is 13.2 Å². The Morgan fingerprint density at radius 3 is 0.775 bits per heavy atom. The van der Waals surface area contributed by atoms with Gasteiger partial charge in [0.05, 0.1) is 0 Å². The number of hydrogen-bond donors (Lipinski definition) is 0. The minimum atomic E-state index is -0.774. The second kappa shape index (κ2) is 68.1. The summed E-state index contributed by atoms with van der Waals surface area (Å²) in [4.78, 5) is 38.2. The van der Waals surface area contributed by atoms with Crippen LogP contribution in [-0.4, -0.2) is 37.2 Å². The molecule has 0 N–H and O–H groups in total. The first-order valence-corrected chi connectivity index (χ1v) is 34.6. The molecule has 0 aromatic rings. The molecule has 0 aromatic carbocycles. The first-order chi connectivity index (χ1) is 39.5. The predicted octanol–water partition coefficient (Wildman–Crippen LogP) is 23.8. The Morgan fingerprint density at radius 1 is 0.263 bits per heavy atom. The number of hydrogen-bond acceptors (Lipinski definition) is 6. The van der Waals surface area contributed by atoms with E-state index in [0.29, 0.717) is 19.3 Å². The summed E-state index contributed by atoms with van der Waals surface area (Å²) in [6, 6.07) is 0. The molecule has 0 rings (SSSR count). The number of carbonyl (C=O) groups is 3. The van der Waals surface area contributed by atoms with Crippen molar-refractivity contribution < 1.29 is 28.6 Å². The fourth-order valence-electron chi connectivity index (χ4n) is 9.97. The Kier molecular flexibility index (Phi) is 65.2. The van der Waals surface area contributed by atoms with E-state index in [-0.39, 0.29) is 31.1 Å². The maximum atomic E-state index is 12.9. The normalized spacial score (nSPS) is 12.6. The Bertz CT molecular complexity index is 1520. The summed E-state index contributed by atoms with van der Waals surface area (Å²) in [5.41, 5.74) is 0. The van der Waals surface area contributed by atoms with Crippen molar-refractivity contribution in [3.8, 4) is 0 Å². The number of unbranched alkanes of at least 4 members (excludes halogenated alkanes) is 38. The van der Waals surface area contributed by atoms with Crippen LogP contribution >= 0.6 is 0 Å². The van der Waals surface area contributed by atoms with Crippen molar-refractivity contribution in [3.63, 3.8) is 0 Å². The topological polar surface area (TPSA) is 78.9 Å². The lowest BCUT2D eigenvalue weighted by molar-refractivity contribution is -0.167. The lowest BCUT2D eigenvalue weighted by Gasteiger charge is -2.18. The molecule has 0 bridgehead atoms. The minimum Gasteiger partial charge on any atom is -0.462 e. The molecule has 0 aliphatic heterocycles. The molecule has 0 saturated heterocycles. The van der Waals surface area contributed by atoms with E-state index >= 15 is 0 Å². The van der Waals surface area contributed by atoms with Crippen LogP contribution in [0.25, 0.3) is 0 Å². The van der Waals surface area contributed by atoms with Crippen LogP contribution in [0, 0.1) is 0 Å².